The molecule has 4 rings (SSSR count). The lowest BCUT2D eigenvalue weighted by molar-refractivity contribution is -0.127. The fourth-order valence-corrected chi connectivity index (χ4v) is 4.52. The van der Waals surface area contributed by atoms with E-state index < -0.39 is 0 Å². The smallest absolute Gasteiger partial charge is 0.246 e. The van der Waals surface area contributed by atoms with Crippen LogP contribution in [-0.4, -0.2) is 55.3 Å². The van der Waals surface area contributed by atoms with Gasteiger partial charge in [-0.25, -0.2) is 0 Å². The minimum Gasteiger partial charge on any atom is -0.465 e. The summed E-state index contributed by atoms with van der Waals surface area (Å²) in [4.78, 5) is 17.4. The molecule has 1 amide bonds. The number of rotatable bonds is 8. The number of benzene rings is 3. The van der Waals surface area contributed by atoms with Crippen LogP contribution >= 0.6 is 0 Å². The van der Waals surface area contributed by atoms with Crippen molar-refractivity contribution in [1.29, 1.82) is 0 Å². The summed E-state index contributed by atoms with van der Waals surface area (Å²) >= 11 is 0. The van der Waals surface area contributed by atoms with Crippen LogP contribution in [0.2, 0.25) is 0 Å². The minimum atomic E-state index is -0.328. The van der Waals surface area contributed by atoms with Gasteiger partial charge >= 0.3 is 0 Å². The molecule has 0 spiro atoms. The first-order valence-corrected chi connectivity index (χ1v) is 12.6. The summed E-state index contributed by atoms with van der Waals surface area (Å²) in [6.45, 7) is 9.12. The van der Waals surface area contributed by atoms with Crippen LogP contribution in [0, 0.1) is 13.8 Å². The second-order valence-electron chi connectivity index (χ2n) is 9.41. The van der Waals surface area contributed by atoms with E-state index in [1.807, 2.05) is 42.2 Å². The van der Waals surface area contributed by atoms with Crippen molar-refractivity contribution in [3.05, 3.63) is 107 Å². The van der Waals surface area contributed by atoms with Crippen molar-refractivity contribution in [3.63, 3.8) is 0 Å². The highest BCUT2D eigenvalue weighted by atomic mass is 16.7. The number of carbonyl (C=O) groups is 1. The summed E-state index contributed by atoms with van der Waals surface area (Å²) in [6, 6.07) is 25.5. The Kier molecular flexibility index (Phi) is 8.57. The van der Waals surface area contributed by atoms with Crippen LogP contribution in [0.25, 0.3) is 6.08 Å². The van der Waals surface area contributed by atoms with Crippen molar-refractivity contribution in [3.8, 4) is 5.75 Å². The van der Waals surface area contributed by atoms with Crippen molar-refractivity contribution in [2.75, 3.05) is 33.3 Å². The molecule has 5 nitrogen and oxygen atoms in total. The van der Waals surface area contributed by atoms with Gasteiger partial charge in [0.1, 0.15) is 5.75 Å². The number of amides is 1. The van der Waals surface area contributed by atoms with Crippen LogP contribution in [0.5, 0.6) is 5.75 Å². The van der Waals surface area contributed by atoms with E-state index in [1.165, 1.54) is 22.3 Å². The molecule has 36 heavy (non-hydrogen) atoms. The molecule has 0 radical (unpaired) electrons. The van der Waals surface area contributed by atoms with Gasteiger partial charge in [-0.15, -0.1) is 0 Å². The van der Waals surface area contributed by atoms with Gasteiger partial charge in [0.2, 0.25) is 5.91 Å². The van der Waals surface area contributed by atoms with Crippen LogP contribution in [0.3, 0.4) is 0 Å². The number of hydrogen-bond acceptors (Lipinski definition) is 4. The minimum absolute atomic E-state index is 0.0356. The molecule has 5 heteroatoms. The summed E-state index contributed by atoms with van der Waals surface area (Å²) in [5.41, 5.74) is 6.01. The van der Waals surface area contributed by atoms with Crippen LogP contribution in [0.1, 0.15) is 40.8 Å². The first-order valence-electron chi connectivity index (χ1n) is 12.6. The second kappa shape index (κ2) is 12.0. The molecule has 1 atom stereocenters. The third-order valence-corrected chi connectivity index (χ3v) is 6.69. The lowest BCUT2D eigenvalue weighted by Gasteiger charge is -2.39. The standard InChI is InChI=1S/C31H36N2O3/c1-23-8-13-27(14-9-23)31(28-15-10-24(2)11-16-28)33-20-18-32(19-21-33)30(34)17-12-26-6-5-7-29(22-26)36-25(3)35-4/h5-17,22,25,31H,18-21H2,1-4H3/b17-12+. The number of piperazine rings is 1. The van der Waals surface area contributed by atoms with Gasteiger partial charge in [-0.2, -0.15) is 0 Å². The van der Waals surface area contributed by atoms with Crippen molar-refractivity contribution in [2.24, 2.45) is 0 Å². The molecule has 0 aliphatic carbocycles. The average molecular weight is 485 g/mol. The van der Waals surface area contributed by atoms with E-state index in [-0.39, 0.29) is 18.2 Å². The Balaban J connectivity index is 1.41. The predicted octanol–water partition coefficient (Wildman–Crippen LogP) is 5.62. The zero-order valence-electron chi connectivity index (χ0n) is 21.7. The highest BCUT2D eigenvalue weighted by Gasteiger charge is 2.27. The Hall–Kier alpha value is -3.41. The Labute approximate surface area is 215 Å². The first kappa shape index (κ1) is 25.7. The molecular formula is C31H36N2O3. The maximum Gasteiger partial charge on any atom is 0.246 e. The molecule has 0 N–H and O–H groups in total. The monoisotopic (exact) mass is 484 g/mol. The highest BCUT2D eigenvalue weighted by molar-refractivity contribution is 5.91. The molecular weight excluding hydrogens is 448 g/mol. The molecule has 0 saturated carbocycles. The van der Waals surface area contributed by atoms with Crippen LogP contribution in [-0.2, 0) is 9.53 Å². The van der Waals surface area contributed by atoms with Crippen molar-refractivity contribution >= 4 is 12.0 Å². The normalized spacial score (nSPS) is 15.4. The number of aryl methyl sites for hydroxylation is 2. The molecule has 1 aliphatic heterocycles. The highest BCUT2D eigenvalue weighted by Crippen LogP contribution is 2.30. The number of nitrogens with zero attached hydrogens (tertiary/aromatic N) is 2. The van der Waals surface area contributed by atoms with Gasteiger partial charge in [-0.1, -0.05) is 71.8 Å². The Morgan fingerprint density at radius 1 is 0.861 bits per heavy atom. The van der Waals surface area contributed by atoms with Crippen molar-refractivity contribution < 1.29 is 14.3 Å². The Morgan fingerprint density at radius 3 is 2.00 bits per heavy atom. The molecule has 0 bridgehead atoms. The molecule has 3 aromatic rings. The summed E-state index contributed by atoms with van der Waals surface area (Å²) in [7, 11) is 1.61. The van der Waals surface area contributed by atoms with E-state index in [9.17, 15) is 4.79 Å². The van der Waals surface area contributed by atoms with Crippen molar-refractivity contribution in [2.45, 2.75) is 33.1 Å². The van der Waals surface area contributed by atoms with Gasteiger partial charge in [0.15, 0.2) is 6.29 Å². The first-order chi connectivity index (χ1) is 17.4. The number of hydrogen-bond donors (Lipinski definition) is 0. The maximum atomic E-state index is 12.9. The summed E-state index contributed by atoms with van der Waals surface area (Å²) in [5, 5.41) is 0. The molecule has 0 aromatic heterocycles. The lowest BCUT2D eigenvalue weighted by atomic mass is 9.95. The van der Waals surface area contributed by atoms with E-state index in [1.54, 1.807) is 13.2 Å². The maximum absolute atomic E-state index is 12.9. The molecule has 188 valence electrons. The fraction of sp³-hybridized carbons (Fsp3) is 0.323. The van der Waals surface area contributed by atoms with Gasteiger partial charge in [-0.3, -0.25) is 9.69 Å². The van der Waals surface area contributed by atoms with Gasteiger partial charge in [-0.05, 0) is 55.7 Å². The third-order valence-electron chi connectivity index (χ3n) is 6.69. The predicted molar refractivity (Wildman–Crippen MR) is 145 cm³/mol. The second-order valence-corrected chi connectivity index (χ2v) is 9.41. The van der Waals surface area contributed by atoms with E-state index in [0.717, 1.165) is 18.7 Å². The molecule has 3 aromatic carbocycles. The largest absolute Gasteiger partial charge is 0.465 e. The molecule has 1 unspecified atom stereocenters. The SMILES string of the molecule is COC(C)Oc1cccc(/C=C/C(=O)N2CCN(C(c3ccc(C)cc3)c3ccc(C)cc3)CC2)c1. The summed E-state index contributed by atoms with van der Waals surface area (Å²) in [6.07, 6.45) is 3.18. The van der Waals surface area contributed by atoms with Crippen LogP contribution in [0.15, 0.2) is 78.9 Å². The number of carbonyl (C=O) groups excluding carboxylic acids is 1. The van der Waals surface area contributed by atoms with Crippen LogP contribution < -0.4 is 4.74 Å². The van der Waals surface area contributed by atoms with E-state index in [0.29, 0.717) is 18.8 Å². The zero-order chi connectivity index (χ0) is 25.5. The lowest BCUT2D eigenvalue weighted by Crippen LogP contribution is -2.49. The number of methoxy groups -OCH3 is 1. The summed E-state index contributed by atoms with van der Waals surface area (Å²) in [5.74, 6) is 0.749. The molecule has 1 heterocycles. The van der Waals surface area contributed by atoms with E-state index in [4.69, 9.17) is 9.47 Å². The van der Waals surface area contributed by atoms with Crippen LogP contribution in [0.4, 0.5) is 0 Å². The topological polar surface area (TPSA) is 42.0 Å². The van der Waals surface area contributed by atoms with E-state index in [2.05, 4.69) is 67.3 Å². The quantitative estimate of drug-likeness (QED) is 0.307. The third kappa shape index (κ3) is 6.62. The van der Waals surface area contributed by atoms with Gasteiger partial charge in [0, 0.05) is 39.4 Å². The summed E-state index contributed by atoms with van der Waals surface area (Å²) < 4.78 is 10.8. The van der Waals surface area contributed by atoms with Gasteiger partial charge < -0.3 is 14.4 Å². The fourth-order valence-electron chi connectivity index (χ4n) is 4.52. The van der Waals surface area contributed by atoms with Gasteiger partial charge in [0.25, 0.3) is 0 Å². The Bertz CT molecular complexity index is 1120. The zero-order valence-corrected chi connectivity index (χ0v) is 21.7. The number of ether oxygens (including phenoxy) is 2. The van der Waals surface area contributed by atoms with Gasteiger partial charge in [0.05, 0.1) is 6.04 Å². The van der Waals surface area contributed by atoms with Crippen molar-refractivity contribution in [1.82, 2.24) is 9.80 Å². The Morgan fingerprint density at radius 2 is 1.44 bits per heavy atom. The molecule has 1 fully saturated rings. The average Bonchev–Trinajstić information content (AvgIpc) is 2.90. The van der Waals surface area contributed by atoms with E-state index >= 15 is 0 Å². The molecule has 1 aliphatic rings. The molecule has 1 saturated heterocycles.